The number of nitrogens with zero attached hydrogens (tertiary/aromatic N) is 5. The van der Waals surface area contributed by atoms with Crippen molar-refractivity contribution in [2.45, 2.75) is 45.8 Å². The average Bonchev–Trinajstić information content (AvgIpc) is 3.15. The second kappa shape index (κ2) is 9.46. The van der Waals surface area contributed by atoms with Crippen LogP contribution >= 0.6 is 0 Å². The SMILES string of the molecule is CCCCn1c(=O)[nH]c(=O)c2c1nc(COC(=O)CCc1nc3ccccc3c(=O)n1C)n2C. The average molecular weight is 466 g/mol. The van der Waals surface area contributed by atoms with Crippen LogP contribution in [0.2, 0.25) is 0 Å². The molecule has 0 radical (unpaired) electrons. The zero-order valence-electron chi connectivity index (χ0n) is 19.3. The lowest BCUT2D eigenvalue weighted by Gasteiger charge is -2.09. The second-order valence-electron chi connectivity index (χ2n) is 8.09. The Morgan fingerprint density at radius 3 is 2.59 bits per heavy atom. The van der Waals surface area contributed by atoms with E-state index >= 15 is 0 Å². The molecule has 0 aliphatic rings. The van der Waals surface area contributed by atoms with Gasteiger partial charge in [-0.15, -0.1) is 0 Å². The van der Waals surface area contributed by atoms with Gasteiger partial charge in [0, 0.05) is 27.1 Å². The summed E-state index contributed by atoms with van der Waals surface area (Å²) in [6.45, 7) is 2.27. The quantitative estimate of drug-likeness (QED) is 0.385. The van der Waals surface area contributed by atoms with Gasteiger partial charge in [-0.1, -0.05) is 25.5 Å². The van der Waals surface area contributed by atoms with Crippen LogP contribution in [0.4, 0.5) is 0 Å². The van der Waals surface area contributed by atoms with Crippen LogP contribution in [-0.2, 0) is 43.2 Å². The topological polar surface area (TPSA) is 134 Å². The Bertz CT molecular complexity index is 1560. The van der Waals surface area contributed by atoms with Gasteiger partial charge < -0.3 is 9.30 Å². The highest BCUT2D eigenvalue weighted by Crippen LogP contribution is 2.12. The number of hydrogen-bond acceptors (Lipinski definition) is 7. The molecule has 11 heteroatoms. The van der Waals surface area contributed by atoms with E-state index in [9.17, 15) is 19.2 Å². The Morgan fingerprint density at radius 1 is 1.06 bits per heavy atom. The van der Waals surface area contributed by atoms with Gasteiger partial charge in [0.2, 0.25) is 0 Å². The van der Waals surface area contributed by atoms with Crippen LogP contribution in [0.3, 0.4) is 0 Å². The standard InChI is InChI=1S/C23H26N6O5/c1-4-5-12-29-20-19(21(31)26-23(29)33)27(2)17(25-20)13-34-18(30)11-10-16-24-15-9-7-6-8-14(15)22(32)28(16)3/h6-9H,4-5,10-13H2,1-3H3,(H,26,31,33). The molecule has 0 saturated carbocycles. The van der Waals surface area contributed by atoms with E-state index in [-0.39, 0.29) is 36.2 Å². The number of fused-ring (bicyclic) bond motifs is 2. The number of esters is 1. The van der Waals surface area contributed by atoms with Crippen LogP contribution in [0, 0.1) is 0 Å². The molecule has 0 fully saturated rings. The number of H-pyrrole nitrogens is 1. The fourth-order valence-electron chi connectivity index (χ4n) is 3.86. The summed E-state index contributed by atoms with van der Waals surface area (Å²) in [4.78, 5) is 60.7. The van der Waals surface area contributed by atoms with Gasteiger partial charge in [0.15, 0.2) is 11.2 Å². The van der Waals surface area contributed by atoms with E-state index in [1.165, 1.54) is 13.7 Å². The number of nitrogens with one attached hydrogen (secondary N) is 1. The first-order valence-corrected chi connectivity index (χ1v) is 11.1. The molecule has 34 heavy (non-hydrogen) atoms. The Labute approximate surface area is 193 Å². The Morgan fingerprint density at radius 2 is 1.82 bits per heavy atom. The van der Waals surface area contributed by atoms with Crippen LogP contribution in [0.1, 0.15) is 37.8 Å². The van der Waals surface area contributed by atoms with E-state index in [2.05, 4.69) is 15.0 Å². The summed E-state index contributed by atoms with van der Waals surface area (Å²) in [7, 11) is 3.26. The first-order valence-electron chi connectivity index (χ1n) is 11.1. The molecule has 1 aromatic carbocycles. The number of unbranched alkanes of at least 4 members (excludes halogenated alkanes) is 1. The predicted octanol–water partition coefficient (Wildman–Crippen LogP) is 1.15. The highest BCUT2D eigenvalue weighted by atomic mass is 16.5. The van der Waals surface area contributed by atoms with Gasteiger partial charge in [-0.3, -0.25) is 28.5 Å². The zero-order valence-corrected chi connectivity index (χ0v) is 19.3. The van der Waals surface area contributed by atoms with Crippen molar-refractivity contribution in [2.75, 3.05) is 0 Å². The maximum absolute atomic E-state index is 12.5. The van der Waals surface area contributed by atoms with Crippen molar-refractivity contribution in [3.05, 3.63) is 67.1 Å². The van der Waals surface area contributed by atoms with Crippen molar-refractivity contribution in [2.24, 2.45) is 14.1 Å². The van der Waals surface area contributed by atoms with Gasteiger partial charge in [0.25, 0.3) is 11.1 Å². The number of aryl methyl sites for hydroxylation is 3. The smallest absolute Gasteiger partial charge is 0.330 e. The summed E-state index contributed by atoms with van der Waals surface area (Å²) < 4.78 is 9.76. The minimum atomic E-state index is -0.538. The van der Waals surface area contributed by atoms with Crippen molar-refractivity contribution in [3.8, 4) is 0 Å². The van der Waals surface area contributed by atoms with E-state index < -0.39 is 17.2 Å². The number of ether oxygens (including phenoxy) is 1. The molecule has 0 bridgehead atoms. The van der Waals surface area contributed by atoms with Crippen molar-refractivity contribution < 1.29 is 9.53 Å². The van der Waals surface area contributed by atoms with Crippen molar-refractivity contribution >= 4 is 28.0 Å². The van der Waals surface area contributed by atoms with E-state index in [0.29, 0.717) is 29.1 Å². The number of imidazole rings is 1. The van der Waals surface area contributed by atoms with Gasteiger partial charge >= 0.3 is 11.7 Å². The Kier molecular flexibility index (Phi) is 6.44. The maximum atomic E-state index is 12.5. The summed E-state index contributed by atoms with van der Waals surface area (Å²) in [5, 5.41) is 0.519. The third-order valence-corrected chi connectivity index (χ3v) is 5.83. The summed E-state index contributed by atoms with van der Waals surface area (Å²) in [6.07, 6.45) is 1.88. The molecule has 0 amide bonds. The number of rotatable bonds is 8. The van der Waals surface area contributed by atoms with Gasteiger partial charge in [0.1, 0.15) is 18.3 Å². The fraction of sp³-hybridized carbons (Fsp3) is 0.391. The molecular formula is C23H26N6O5. The summed E-state index contributed by atoms with van der Waals surface area (Å²) in [6, 6.07) is 7.05. The normalized spacial score (nSPS) is 11.4. The molecule has 4 aromatic rings. The van der Waals surface area contributed by atoms with Crippen molar-refractivity contribution in [1.29, 1.82) is 0 Å². The number of hydrogen-bond donors (Lipinski definition) is 1. The minimum Gasteiger partial charge on any atom is -0.457 e. The maximum Gasteiger partial charge on any atom is 0.330 e. The zero-order chi connectivity index (χ0) is 24.4. The van der Waals surface area contributed by atoms with E-state index in [0.717, 1.165) is 12.8 Å². The second-order valence-corrected chi connectivity index (χ2v) is 8.09. The molecule has 11 nitrogen and oxygen atoms in total. The van der Waals surface area contributed by atoms with Crippen LogP contribution in [0.15, 0.2) is 38.6 Å². The third-order valence-electron chi connectivity index (χ3n) is 5.83. The summed E-state index contributed by atoms with van der Waals surface area (Å²) in [5.74, 6) is 0.336. The van der Waals surface area contributed by atoms with Gasteiger partial charge in [-0.05, 0) is 18.6 Å². The number of carbonyl (C=O) groups is 1. The number of aromatic nitrogens is 6. The Balaban J connectivity index is 1.49. The fourth-order valence-corrected chi connectivity index (χ4v) is 3.86. The molecule has 3 aromatic heterocycles. The molecule has 0 atom stereocenters. The molecule has 4 rings (SSSR count). The first-order chi connectivity index (χ1) is 16.3. The van der Waals surface area contributed by atoms with Crippen molar-refractivity contribution in [1.82, 2.24) is 28.7 Å². The molecule has 0 spiro atoms. The molecule has 0 aliphatic carbocycles. The van der Waals surface area contributed by atoms with Crippen LogP contribution in [-0.4, -0.2) is 34.6 Å². The van der Waals surface area contributed by atoms with Crippen LogP contribution in [0.5, 0.6) is 0 Å². The molecule has 0 unspecified atom stereocenters. The molecule has 178 valence electrons. The van der Waals surface area contributed by atoms with E-state index in [1.807, 2.05) is 6.92 Å². The Hall–Kier alpha value is -4.02. The lowest BCUT2D eigenvalue weighted by atomic mass is 10.2. The van der Waals surface area contributed by atoms with Crippen LogP contribution < -0.4 is 16.8 Å². The first kappa shape index (κ1) is 23.1. The number of benzene rings is 1. The molecule has 1 N–H and O–H groups in total. The highest BCUT2D eigenvalue weighted by molar-refractivity contribution is 5.77. The number of aromatic amines is 1. The molecule has 3 heterocycles. The van der Waals surface area contributed by atoms with Gasteiger partial charge in [0.05, 0.1) is 17.3 Å². The highest BCUT2D eigenvalue weighted by Gasteiger charge is 2.18. The summed E-state index contributed by atoms with van der Waals surface area (Å²) in [5.41, 5.74) is -0.131. The van der Waals surface area contributed by atoms with Crippen LogP contribution in [0.25, 0.3) is 22.1 Å². The molecule has 0 aliphatic heterocycles. The van der Waals surface area contributed by atoms with Crippen molar-refractivity contribution in [3.63, 3.8) is 0 Å². The predicted molar refractivity (Wildman–Crippen MR) is 126 cm³/mol. The summed E-state index contributed by atoms with van der Waals surface area (Å²) >= 11 is 0. The van der Waals surface area contributed by atoms with E-state index in [4.69, 9.17) is 4.74 Å². The lowest BCUT2D eigenvalue weighted by molar-refractivity contribution is -0.145. The number of para-hydroxylation sites is 1. The monoisotopic (exact) mass is 466 g/mol. The largest absolute Gasteiger partial charge is 0.457 e. The minimum absolute atomic E-state index is 0.0182. The lowest BCUT2D eigenvalue weighted by Crippen LogP contribution is -2.31. The molecule has 0 saturated heterocycles. The van der Waals surface area contributed by atoms with Gasteiger partial charge in [-0.2, -0.15) is 0 Å². The van der Waals surface area contributed by atoms with E-state index in [1.54, 1.807) is 38.4 Å². The van der Waals surface area contributed by atoms with Gasteiger partial charge in [-0.25, -0.2) is 14.8 Å². The third kappa shape index (κ3) is 4.28. The molecular weight excluding hydrogens is 440 g/mol. The number of carbonyl (C=O) groups excluding carboxylic acids is 1.